The monoisotopic (exact) mass is 462 g/mol. The average molecular weight is 463 g/mol. The predicted octanol–water partition coefficient (Wildman–Crippen LogP) is 4.08. The second-order valence-corrected chi connectivity index (χ2v) is 10.4. The Labute approximate surface area is 188 Å². The summed E-state index contributed by atoms with van der Waals surface area (Å²) in [6.07, 6.45) is 1.79. The molecule has 0 bridgehead atoms. The van der Waals surface area contributed by atoms with Gasteiger partial charge in [-0.3, -0.25) is 4.79 Å². The van der Waals surface area contributed by atoms with E-state index in [1.807, 2.05) is 36.1 Å². The van der Waals surface area contributed by atoms with Crippen molar-refractivity contribution in [2.75, 3.05) is 31.1 Å². The van der Waals surface area contributed by atoms with Crippen LogP contribution in [0.3, 0.4) is 0 Å². The van der Waals surface area contributed by atoms with Gasteiger partial charge in [-0.2, -0.15) is 4.31 Å². The number of amides is 1. The van der Waals surface area contributed by atoms with Crippen LogP contribution in [0.1, 0.15) is 31.7 Å². The number of hydrogen-bond donors (Lipinski definition) is 0. The molecule has 166 valence electrons. The molecule has 2 aromatic carbocycles. The van der Waals surface area contributed by atoms with Crippen molar-refractivity contribution in [1.82, 2.24) is 4.31 Å². The lowest BCUT2D eigenvalue weighted by atomic mass is 9.77. The molecule has 8 heteroatoms. The van der Waals surface area contributed by atoms with Crippen molar-refractivity contribution in [3.8, 4) is 0 Å². The van der Waals surface area contributed by atoms with E-state index in [4.69, 9.17) is 16.3 Å². The second kappa shape index (κ2) is 8.90. The highest BCUT2D eigenvalue weighted by Gasteiger charge is 2.50. The molecule has 2 fully saturated rings. The van der Waals surface area contributed by atoms with Crippen molar-refractivity contribution in [2.45, 2.75) is 37.7 Å². The van der Waals surface area contributed by atoms with Gasteiger partial charge in [0.25, 0.3) is 0 Å². The third kappa shape index (κ3) is 4.24. The Bertz CT molecular complexity index is 1050. The fourth-order valence-corrected chi connectivity index (χ4v) is 6.41. The molecule has 1 amide bonds. The number of carbonyl (C=O) groups is 1. The SMILES string of the molecule is CCOCc1ccc(N2CCC3(CCN(S(=O)(=O)c4ccccc4Cl)CC3)C2=O)cc1. The number of ether oxygens (including phenoxy) is 1. The number of nitrogens with zero attached hydrogens (tertiary/aromatic N) is 2. The van der Waals surface area contributed by atoms with Crippen LogP contribution in [-0.4, -0.2) is 44.9 Å². The van der Waals surface area contributed by atoms with Gasteiger partial charge in [0.1, 0.15) is 4.90 Å². The summed E-state index contributed by atoms with van der Waals surface area (Å²) in [4.78, 5) is 15.3. The van der Waals surface area contributed by atoms with E-state index < -0.39 is 15.4 Å². The zero-order valence-corrected chi connectivity index (χ0v) is 19.2. The smallest absolute Gasteiger partial charge is 0.244 e. The quantitative estimate of drug-likeness (QED) is 0.648. The van der Waals surface area contributed by atoms with E-state index in [0.717, 1.165) is 17.7 Å². The van der Waals surface area contributed by atoms with Crippen LogP contribution in [0.2, 0.25) is 5.02 Å². The lowest BCUT2D eigenvalue weighted by Crippen LogP contribution is -2.46. The molecule has 31 heavy (non-hydrogen) atoms. The van der Waals surface area contributed by atoms with E-state index >= 15 is 0 Å². The highest BCUT2D eigenvalue weighted by atomic mass is 35.5. The molecular formula is C23H27ClN2O4S. The van der Waals surface area contributed by atoms with E-state index in [0.29, 0.717) is 45.7 Å². The van der Waals surface area contributed by atoms with E-state index in [1.54, 1.807) is 18.2 Å². The largest absolute Gasteiger partial charge is 0.377 e. The Hall–Kier alpha value is -1.93. The van der Waals surface area contributed by atoms with Gasteiger partial charge in [0.15, 0.2) is 0 Å². The summed E-state index contributed by atoms with van der Waals surface area (Å²) >= 11 is 6.12. The van der Waals surface area contributed by atoms with Crippen LogP contribution in [0.5, 0.6) is 0 Å². The Morgan fingerprint density at radius 2 is 1.65 bits per heavy atom. The van der Waals surface area contributed by atoms with Crippen LogP contribution in [0.25, 0.3) is 0 Å². The number of carbonyl (C=O) groups excluding carboxylic acids is 1. The van der Waals surface area contributed by atoms with E-state index in [2.05, 4.69) is 0 Å². The van der Waals surface area contributed by atoms with Gasteiger partial charge in [0, 0.05) is 31.9 Å². The highest BCUT2D eigenvalue weighted by Crippen LogP contribution is 2.44. The molecule has 0 saturated carbocycles. The maximum absolute atomic E-state index is 13.3. The van der Waals surface area contributed by atoms with Crippen LogP contribution in [-0.2, 0) is 26.2 Å². The number of piperidine rings is 1. The zero-order chi connectivity index (χ0) is 22.1. The van der Waals surface area contributed by atoms with Crippen molar-refractivity contribution < 1.29 is 17.9 Å². The maximum Gasteiger partial charge on any atom is 0.244 e. The summed E-state index contributed by atoms with van der Waals surface area (Å²) in [6.45, 7) is 4.48. The molecule has 2 aliphatic heterocycles. The first kappa shape index (κ1) is 22.3. The van der Waals surface area contributed by atoms with Gasteiger partial charge in [-0.15, -0.1) is 0 Å². The van der Waals surface area contributed by atoms with Crippen LogP contribution in [0.4, 0.5) is 5.69 Å². The van der Waals surface area contributed by atoms with Gasteiger partial charge in [0.2, 0.25) is 15.9 Å². The molecule has 6 nitrogen and oxygen atoms in total. The molecule has 2 aliphatic rings. The summed E-state index contributed by atoms with van der Waals surface area (Å²) in [5.41, 5.74) is 1.47. The number of benzene rings is 2. The summed E-state index contributed by atoms with van der Waals surface area (Å²) in [5.74, 6) is 0.0971. The molecule has 0 radical (unpaired) electrons. The first-order valence-electron chi connectivity index (χ1n) is 10.6. The highest BCUT2D eigenvalue weighted by molar-refractivity contribution is 7.89. The molecule has 0 N–H and O–H groups in total. The molecule has 2 saturated heterocycles. The van der Waals surface area contributed by atoms with Crippen molar-refractivity contribution in [2.24, 2.45) is 5.41 Å². The van der Waals surface area contributed by atoms with Gasteiger partial charge in [0.05, 0.1) is 17.0 Å². The van der Waals surface area contributed by atoms with Crippen LogP contribution < -0.4 is 4.90 Å². The van der Waals surface area contributed by atoms with Gasteiger partial charge in [-0.25, -0.2) is 8.42 Å². The maximum atomic E-state index is 13.3. The first-order chi connectivity index (χ1) is 14.9. The molecule has 0 aliphatic carbocycles. The molecule has 2 aromatic rings. The third-order valence-electron chi connectivity index (χ3n) is 6.37. The summed E-state index contributed by atoms with van der Waals surface area (Å²) in [7, 11) is -3.67. The number of sulfonamides is 1. The van der Waals surface area contributed by atoms with Crippen molar-refractivity contribution in [1.29, 1.82) is 0 Å². The number of halogens is 1. The van der Waals surface area contributed by atoms with E-state index in [9.17, 15) is 13.2 Å². The van der Waals surface area contributed by atoms with E-state index in [1.165, 1.54) is 10.4 Å². The number of hydrogen-bond acceptors (Lipinski definition) is 4. The molecule has 2 heterocycles. The van der Waals surface area contributed by atoms with Crippen LogP contribution >= 0.6 is 11.6 Å². The Morgan fingerprint density at radius 1 is 1.00 bits per heavy atom. The molecule has 0 aromatic heterocycles. The average Bonchev–Trinajstić information content (AvgIpc) is 3.09. The molecule has 0 unspecified atom stereocenters. The number of rotatable bonds is 6. The summed E-state index contributed by atoms with van der Waals surface area (Å²) in [5, 5.41) is 0.221. The minimum Gasteiger partial charge on any atom is -0.377 e. The van der Waals surface area contributed by atoms with Gasteiger partial charge >= 0.3 is 0 Å². The van der Waals surface area contributed by atoms with Crippen LogP contribution in [0.15, 0.2) is 53.4 Å². The third-order valence-corrected chi connectivity index (χ3v) is 8.77. The minimum absolute atomic E-state index is 0.0971. The molecule has 0 atom stereocenters. The van der Waals surface area contributed by atoms with E-state index in [-0.39, 0.29) is 15.8 Å². The van der Waals surface area contributed by atoms with Crippen molar-refractivity contribution >= 4 is 33.2 Å². The minimum atomic E-state index is -3.67. The lowest BCUT2D eigenvalue weighted by molar-refractivity contribution is -0.127. The standard InChI is InChI=1S/C23H27ClN2O4S/c1-2-30-17-18-7-9-19(10-8-18)26-16-13-23(22(26)27)11-14-25(15-12-23)31(28,29)21-6-4-3-5-20(21)24/h3-10H,2,11-17H2,1H3. The Morgan fingerprint density at radius 3 is 2.29 bits per heavy atom. The molecule has 1 spiro atoms. The molecular weight excluding hydrogens is 436 g/mol. The fourth-order valence-electron chi connectivity index (χ4n) is 4.47. The lowest BCUT2D eigenvalue weighted by Gasteiger charge is -2.37. The zero-order valence-electron chi connectivity index (χ0n) is 17.6. The summed E-state index contributed by atoms with van der Waals surface area (Å²) < 4.78 is 32.9. The number of anilines is 1. The summed E-state index contributed by atoms with van der Waals surface area (Å²) in [6, 6.07) is 14.4. The van der Waals surface area contributed by atoms with Gasteiger partial charge < -0.3 is 9.64 Å². The molecule has 4 rings (SSSR count). The Kier molecular flexibility index (Phi) is 6.40. The van der Waals surface area contributed by atoms with Gasteiger partial charge in [-0.05, 0) is 56.0 Å². The predicted molar refractivity (Wildman–Crippen MR) is 121 cm³/mol. The van der Waals surface area contributed by atoms with Crippen LogP contribution in [0, 0.1) is 5.41 Å². The normalized spacial score (nSPS) is 19.3. The first-order valence-corrected chi connectivity index (χ1v) is 12.4. The second-order valence-electron chi connectivity index (χ2n) is 8.13. The Balaban J connectivity index is 1.44. The topological polar surface area (TPSA) is 66.9 Å². The van der Waals surface area contributed by atoms with Crippen molar-refractivity contribution in [3.05, 3.63) is 59.1 Å². The fraction of sp³-hybridized carbons (Fsp3) is 0.435. The van der Waals surface area contributed by atoms with Gasteiger partial charge in [-0.1, -0.05) is 35.9 Å². The van der Waals surface area contributed by atoms with Crippen molar-refractivity contribution in [3.63, 3.8) is 0 Å².